The van der Waals surface area contributed by atoms with Crippen LogP contribution in [0.1, 0.15) is 53.9 Å². The molecular weight excluding hydrogens is 417 g/mol. The number of rotatable bonds is 9. The lowest BCUT2D eigenvalue weighted by molar-refractivity contribution is -0.154. The number of ether oxygens (including phenoxy) is 2. The van der Waals surface area contributed by atoms with E-state index in [2.05, 4.69) is 25.0 Å². The first kappa shape index (κ1) is 24.0. The Labute approximate surface area is 177 Å². The number of ketones is 1. The lowest BCUT2D eigenvalue weighted by atomic mass is 10.1. The Morgan fingerprint density at radius 1 is 1.19 bits per heavy atom. The van der Waals surface area contributed by atoms with Crippen LogP contribution in [0.15, 0.2) is 18.2 Å². The smallest absolute Gasteiger partial charge is 0.422 e. The topological polar surface area (TPSA) is 103 Å². The number of carbonyl (C=O) groups excluding carboxylic acids is 2. The summed E-state index contributed by atoms with van der Waals surface area (Å²) < 4.78 is 46.5. The van der Waals surface area contributed by atoms with E-state index in [4.69, 9.17) is 4.74 Å². The molecular formula is C20H23F3N4O4. The lowest BCUT2D eigenvalue weighted by Gasteiger charge is -2.16. The second-order valence-corrected chi connectivity index (χ2v) is 6.72. The van der Waals surface area contributed by atoms with Crippen molar-refractivity contribution in [2.24, 2.45) is 0 Å². The van der Waals surface area contributed by atoms with E-state index in [1.807, 2.05) is 0 Å². The van der Waals surface area contributed by atoms with Gasteiger partial charge in [0.2, 0.25) is 11.8 Å². The molecule has 0 saturated carbocycles. The molecule has 2 aromatic rings. The number of aromatic nitrogens is 3. The van der Waals surface area contributed by atoms with Gasteiger partial charge >= 0.3 is 6.18 Å². The van der Waals surface area contributed by atoms with Gasteiger partial charge in [-0.05, 0) is 26.0 Å². The Morgan fingerprint density at radius 2 is 1.90 bits per heavy atom. The molecule has 0 fully saturated rings. The largest absolute Gasteiger partial charge is 0.480 e. The van der Waals surface area contributed by atoms with Gasteiger partial charge in [0.05, 0.1) is 25.3 Å². The molecule has 2 aromatic heterocycles. The minimum Gasteiger partial charge on any atom is -0.480 e. The van der Waals surface area contributed by atoms with Crippen molar-refractivity contribution in [3.05, 3.63) is 41.0 Å². The maximum absolute atomic E-state index is 12.7. The Morgan fingerprint density at radius 3 is 2.52 bits per heavy atom. The average molecular weight is 440 g/mol. The first-order chi connectivity index (χ1) is 14.5. The number of amides is 1. The summed E-state index contributed by atoms with van der Waals surface area (Å²) in [4.78, 5) is 36.8. The number of alkyl halides is 3. The Kier molecular flexibility index (Phi) is 7.89. The van der Waals surface area contributed by atoms with Crippen LogP contribution in [-0.4, -0.2) is 46.5 Å². The fraction of sp³-hybridized carbons (Fsp3) is 0.450. The molecule has 31 heavy (non-hydrogen) atoms. The maximum atomic E-state index is 12.7. The van der Waals surface area contributed by atoms with Gasteiger partial charge in [0, 0.05) is 18.2 Å². The van der Waals surface area contributed by atoms with Crippen molar-refractivity contribution in [2.75, 3.05) is 13.7 Å². The van der Waals surface area contributed by atoms with Crippen molar-refractivity contribution in [1.82, 2.24) is 20.3 Å². The highest BCUT2D eigenvalue weighted by molar-refractivity contribution is 5.96. The summed E-state index contributed by atoms with van der Waals surface area (Å²) in [5.74, 6) is -0.708. The fourth-order valence-corrected chi connectivity index (χ4v) is 2.59. The van der Waals surface area contributed by atoms with E-state index >= 15 is 0 Å². The zero-order chi connectivity index (χ0) is 23.2. The molecule has 8 nitrogen and oxygen atoms in total. The highest BCUT2D eigenvalue weighted by atomic mass is 19.4. The summed E-state index contributed by atoms with van der Waals surface area (Å²) in [5, 5.41) is 2.73. The molecule has 1 unspecified atom stereocenters. The highest BCUT2D eigenvalue weighted by Crippen LogP contribution is 2.23. The molecule has 0 radical (unpaired) electrons. The number of aryl methyl sites for hydroxylation is 1. The number of Topliss-reactive ketones (excluding diaryl/α,β-unsaturated/α-hetero) is 1. The van der Waals surface area contributed by atoms with Gasteiger partial charge in [-0.15, -0.1) is 0 Å². The van der Waals surface area contributed by atoms with Gasteiger partial charge in [-0.2, -0.15) is 18.2 Å². The highest BCUT2D eigenvalue weighted by Gasteiger charge is 2.29. The number of methoxy groups -OCH3 is 1. The van der Waals surface area contributed by atoms with E-state index in [0.29, 0.717) is 23.6 Å². The van der Waals surface area contributed by atoms with Gasteiger partial charge in [0.1, 0.15) is 17.2 Å². The third-order valence-electron chi connectivity index (χ3n) is 4.12. The summed E-state index contributed by atoms with van der Waals surface area (Å²) in [6.07, 6.45) is -4.05. The van der Waals surface area contributed by atoms with Crippen molar-refractivity contribution >= 4 is 11.7 Å². The number of nitrogens with one attached hydrogen (secondary N) is 1. The van der Waals surface area contributed by atoms with Crippen molar-refractivity contribution in [3.63, 3.8) is 0 Å². The summed E-state index contributed by atoms with van der Waals surface area (Å²) in [6, 6.07) is 3.55. The molecule has 0 bridgehead atoms. The summed E-state index contributed by atoms with van der Waals surface area (Å²) in [6.45, 7) is 3.70. The zero-order valence-electron chi connectivity index (χ0n) is 17.5. The molecule has 11 heteroatoms. The van der Waals surface area contributed by atoms with Gasteiger partial charge in [-0.1, -0.05) is 6.92 Å². The third-order valence-corrected chi connectivity index (χ3v) is 4.12. The number of pyridine rings is 1. The predicted molar refractivity (Wildman–Crippen MR) is 104 cm³/mol. The fourth-order valence-electron chi connectivity index (χ4n) is 2.59. The van der Waals surface area contributed by atoms with Crippen LogP contribution in [0.25, 0.3) is 0 Å². The SMILES string of the molecule is CCC(=O)Cc1nc(C)cc(C(C)NC(=O)c2ccc(OCC(F)(F)F)nc2OC)n1. The molecule has 0 aliphatic heterocycles. The summed E-state index contributed by atoms with van der Waals surface area (Å²) in [5.41, 5.74) is 1.17. The molecule has 2 heterocycles. The quantitative estimate of drug-likeness (QED) is 0.639. The van der Waals surface area contributed by atoms with Crippen molar-refractivity contribution in [3.8, 4) is 11.8 Å². The minimum atomic E-state index is -4.52. The Balaban J connectivity index is 2.16. The summed E-state index contributed by atoms with van der Waals surface area (Å²) in [7, 11) is 1.24. The molecule has 1 amide bonds. The lowest BCUT2D eigenvalue weighted by Crippen LogP contribution is -2.28. The maximum Gasteiger partial charge on any atom is 0.422 e. The van der Waals surface area contributed by atoms with Crippen LogP contribution < -0.4 is 14.8 Å². The number of hydrogen-bond donors (Lipinski definition) is 1. The summed E-state index contributed by atoms with van der Waals surface area (Å²) >= 11 is 0. The van der Waals surface area contributed by atoms with Crippen molar-refractivity contribution in [2.45, 2.75) is 45.8 Å². The van der Waals surface area contributed by atoms with Gasteiger partial charge in [0.25, 0.3) is 5.91 Å². The van der Waals surface area contributed by atoms with Crippen LogP contribution in [0.4, 0.5) is 13.2 Å². The average Bonchev–Trinajstić information content (AvgIpc) is 2.70. The molecule has 1 atom stereocenters. The molecule has 0 saturated heterocycles. The van der Waals surface area contributed by atoms with Crippen LogP contribution >= 0.6 is 0 Å². The van der Waals surface area contributed by atoms with E-state index in [-0.39, 0.29) is 29.5 Å². The molecule has 1 N–H and O–H groups in total. The number of carbonyl (C=O) groups is 2. The molecule has 0 aliphatic carbocycles. The molecule has 0 aliphatic rings. The number of hydrogen-bond acceptors (Lipinski definition) is 7. The van der Waals surface area contributed by atoms with Crippen LogP contribution in [0.5, 0.6) is 11.8 Å². The first-order valence-corrected chi connectivity index (χ1v) is 9.44. The second kappa shape index (κ2) is 10.2. The number of halogens is 3. The standard InChI is InChI=1S/C20H23F3N4O4/c1-5-13(28)9-16-24-11(2)8-15(26-16)12(3)25-18(29)14-6-7-17(27-19(14)30-4)31-10-20(21,22)23/h6-8,12H,5,9-10H2,1-4H3,(H,25,29). The van der Waals surface area contributed by atoms with Gasteiger partial charge in [-0.3, -0.25) is 9.59 Å². The van der Waals surface area contributed by atoms with Crippen LogP contribution in [0.3, 0.4) is 0 Å². The van der Waals surface area contributed by atoms with E-state index in [0.717, 1.165) is 6.07 Å². The van der Waals surface area contributed by atoms with E-state index in [1.54, 1.807) is 26.8 Å². The van der Waals surface area contributed by atoms with Crippen LogP contribution in [-0.2, 0) is 11.2 Å². The van der Waals surface area contributed by atoms with Crippen molar-refractivity contribution < 1.29 is 32.2 Å². The van der Waals surface area contributed by atoms with E-state index in [9.17, 15) is 22.8 Å². The first-order valence-electron chi connectivity index (χ1n) is 9.44. The zero-order valence-corrected chi connectivity index (χ0v) is 17.5. The molecule has 168 valence electrons. The normalized spacial score (nSPS) is 12.2. The minimum absolute atomic E-state index is 0.00289. The number of nitrogens with zero attached hydrogens (tertiary/aromatic N) is 3. The van der Waals surface area contributed by atoms with E-state index in [1.165, 1.54) is 13.2 Å². The van der Waals surface area contributed by atoms with E-state index < -0.39 is 24.7 Å². The van der Waals surface area contributed by atoms with Crippen LogP contribution in [0.2, 0.25) is 0 Å². The van der Waals surface area contributed by atoms with Crippen molar-refractivity contribution in [1.29, 1.82) is 0 Å². The Bertz CT molecular complexity index is 951. The monoisotopic (exact) mass is 440 g/mol. The molecule has 2 rings (SSSR count). The van der Waals surface area contributed by atoms with Gasteiger partial charge in [0.15, 0.2) is 6.61 Å². The Hall–Kier alpha value is -3.24. The van der Waals surface area contributed by atoms with Gasteiger partial charge < -0.3 is 14.8 Å². The predicted octanol–water partition coefficient (Wildman–Crippen LogP) is 3.14. The molecule has 0 aromatic carbocycles. The van der Waals surface area contributed by atoms with Gasteiger partial charge in [-0.25, -0.2) is 9.97 Å². The second-order valence-electron chi connectivity index (χ2n) is 6.72. The van der Waals surface area contributed by atoms with Crippen LogP contribution in [0, 0.1) is 6.92 Å². The molecule has 0 spiro atoms. The third kappa shape index (κ3) is 7.19.